The number of imidazole rings is 1. The molecule has 0 bridgehead atoms. The first kappa shape index (κ1) is 22.1. The van der Waals surface area contributed by atoms with Crippen molar-refractivity contribution in [2.24, 2.45) is 0 Å². The standard InChI is InChI=1S/C26H21N5O4/c32-13-12-31-23(33)15-22(26(31)35)27-19-10-11-20-21(14-19)30-24(29-20)16-6-8-18(9-7-16)28-25(34)17-4-2-1-3-5-17/h1-11,14-15,27,32H,12-13H2,(H,28,34)(H,29,30). The van der Waals surface area contributed by atoms with E-state index in [1.165, 1.54) is 6.08 Å². The molecule has 9 heteroatoms. The smallest absolute Gasteiger partial charge is 0.277 e. The van der Waals surface area contributed by atoms with Gasteiger partial charge in [-0.15, -0.1) is 0 Å². The van der Waals surface area contributed by atoms with E-state index in [9.17, 15) is 14.4 Å². The van der Waals surface area contributed by atoms with E-state index in [-0.39, 0.29) is 24.8 Å². The van der Waals surface area contributed by atoms with E-state index in [1.807, 2.05) is 42.5 Å². The van der Waals surface area contributed by atoms with Crippen LogP contribution >= 0.6 is 0 Å². The lowest BCUT2D eigenvalue weighted by atomic mass is 10.1. The number of carbonyl (C=O) groups excluding carboxylic acids is 3. The molecule has 0 atom stereocenters. The lowest BCUT2D eigenvalue weighted by Gasteiger charge is -2.13. The van der Waals surface area contributed by atoms with E-state index in [1.54, 1.807) is 30.3 Å². The number of aliphatic hydroxyl groups excluding tert-OH is 1. The van der Waals surface area contributed by atoms with Crippen LogP contribution in [0.15, 0.2) is 84.6 Å². The Morgan fingerprint density at radius 1 is 0.971 bits per heavy atom. The first-order valence-electron chi connectivity index (χ1n) is 10.9. The number of nitrogens with one attached hydrogen (secondary N) is 3. The molecule has 4 N–H and O–H groups in total. The van der Waals surface area contributed by atoms with Crippen LogP contribution in [-0.2, 0) is 9.59 Å². The number of H-pyrrole nitrogens is 1. The van der Waals surface area contributed by atoms with Crippen molar-refractivity contribution in [2.45, 2.75) is 0 Å². The fourth-order valence-corrected chi connectivity index (χ4v) is 3.79. The highest BCUT2D eigenvalue weighted by molar-refractivity contribution is 6.17. The minimum absolute atomic E-state index is 0.0446. The average Bonchev–Trinajstić information content (AvgIpc) is 3.41. The highest BCUT2D eigenvalue weighted by atomic mass is 16.3. The van der Waals surface area contributed by atoms with Crippen LogP contribution in [0.25, 0.3) is 22.4 Å². The molecule has 5 rings (SSSR count). The molecule has 4 aromatic rings. The largest absolute Gasteiger partial charge is 0.395 e. The van der Waals surface area contributed by atoms with Gasteiger partial charge in [0.05, 0.1) is 24.2 Å². The summed E-state index contributed by atoms with van der Waals surface area (Å²) in [6.45, 7) is -0.334. The molecule has 0 spiro atoms. The lowest BCUT2D eigenvalue weighted by molar-refractivity contribution is -0.137. The maximum Gasteiger partial charge on any atom is 0.277 e. The number of β-amino-alcohol motifs (C(OH)–C–C–N with tert-alkyl or cyclic N) is 1. The molecule has 0 fully saturated rings. The number of aromatic amines is 1. The fourth-order valence-electron chi connectivity index (χ4n) is 3.79. The van der Waals surface area contributed by atoms with Crippen molar-refractivity contribution in [3.8, 4) is 11.4 Å². The molecular formula is C26H21N5O4. The summed E-state index contributed by atoms with van der Waals surface area (Å²) < 4.78 is 0. The van der Waals surface area contributed by atoms with Crippen molar-refractivity contribution >= 4 is 40.1 Å². The number of anilines is 2. The van der Waals surface area contributed by atoms with Crippen LogP contribution in [-0.4, -0.2) is 50.8 Å². The number of hydrogen-bond acceptors (Lipinski definition) is 6. The molecule has 3 amide bonds. The second kappa shape index (κ2) is 9.24. The zero-order valence-corrected chi connectivity index (χ0v) is 18.5. The van der Waals surface area contributed by atoms with Gasteiger partial charge in [0.15, 0.2) is 0 Å². The molecule has 0 unspecified atom stereocenters. The summed E-state index contributed by atoms with van der Waals surface area (Å²) in [4.78, 5) is 45.5. The number of imide groups is 1. The van der Waals surface area contributed by atoms with Crippen LogP contribution in [0.2, 0.25) is 0 Å². The quantitative estimate of drug-likeness (QED) is 0.309. The van der Waals surface area contributed by atoms with Gasteiger partial charge in [0.2, 0.25) is 0 Å². The molecular weight excluding hydrogens is 446 g/mol. The Balaban J connectivity index is 1.30. The molecule has 0 radical (unpaired) electrons. The van der Waals surface area contributed by atoms with E-state index in [2.05, 4.69) is 20.6 Å². The Morgan fingerprint density at radius 3 is 2.46 bits per heavy atom. The van der Waals surface area contributed by atoms with Gasteiger partial charge in [-0.05, 0) is 54.6 Å². The number of aliphatic hydroxyl groups is 1. The molecule has 3 aromatic carbocycles. The number of fused-ring (bicyclic) bond motifs is 1. The molecule has 0 saturated heterocycles. The van der Waals surface area contributed by atoms with Gasteiger partial charge >= 0.3 is 0 Å². The number of amides is 3. The summed E-state index contributed by atoms with van der Waals surface area (Å²) in [6, 6.07) is 21.7. The number of carbonyl (C=O) groups is 3. The Morgan fingerprint density at radius 2 is 1.71 bits per heavy atom. The van der Waals surface area contributed by atoms with Gasteiger partial charge in [-0.3, -0.25) is 19.3 Å². The van der Waals surface area contributed by atoms with E-state index in [4.69, 9.17) is 5.11 Å². The first-order valence-corrected chi connectivity index (χ1v) is 10.9. The normalized spacial score (nSPS) is 13.3. The summed E-state index contributed by atoms with van der Waals surface area (Å²) in [5.74, 6) is -0.466. The van der Waals surface area contributed by atoms with Crippen molar-refractivity contribution < 1.29 is 19.5 Å². The van der Waals surface area contributed by atoms with Crippen molar-refractivity contribution in [2.75, 3.05) is 23.8 Å². The van der Waals surface area contributed by atoms with E-state index in [0.717, 1.165) is 21.5 Å². The monoisotopic (exact) mass is 467 g/mol. The molecule has 9 nitrogen and oxygen atoms in total. The number of benzene rings is 3. The minimum Gasteiger partial charge on any atom is -0.395 e. The third kappa shape index (κ3) is 4.53. The zero-order chi connectivity index (χ0) is 24.4. The van der Waals surface area contributed by atoms with Gasteiger partial charge in [-0.1, -0.05) is 18.2 Å². The minimum atomic E-state index is -0.478. The lowest BCUT2D eigenvalue weighted by Crippen LogP contribution is -2.34. The summed E-state index contributed by atoms with van der Waals surface area (Å²) in [7, 11) is 0. The maximum atomic E-state index is 12.4. The highest BCUT2D eigenvalue weighted by Crippen LogP contribution is 2.25. The van der Waals surface area contributed by atoms with Crippen LogP contribution in [0.4, 0.5) is 11.4 Å². The summed E-state index contributed by atoms with van der Waals surface area (Å²) in [5, 5.41) is 14.9. The van der Waals surface area contributed by atoms with E-state index < -0.39 is 11.8 Å². The summed E-state index contributed by atoms with van der Waals surface area (Å²) in [5.41, 5.74) is 4.34. The Hall–Kier alpha value is -4.76. The fraction of sp³-hybridized carbons (Fsp3) is 0.0769. The van der Waals surface area contributed by atoms with Gasteiger partial charge in [-0.25, -0.2) is 4.98 Å². The first-order chi connectivity index (χ1) is 17.0. The SMILES string of the molecule is O=C(Nc1ccc(-c2nc3ccc(NC4=CC(=O)N(CCO)C4=O)cc3[nH]2)cc1)c1ccccc1. The zero-order valence-electron chi connectivity index (χ0n) is 18.5. The molecule has 1 aromatic heterocycles. The van der Waals surface area contributed by atoms with Crippen molar-refractivity contribution in [3.05, 3.63) is 90.1 Å². The van der Waals surface area contributed by atoms with Gasteiger partial charge in [0, 0.05) is 28.6 Å². The summed E-state index contributed by atoms with van der Waals surface area (Å²) >= 11 is 0. The number of rotatable bonds is 7. The molecule has 1 aliphatic rings. The van der Waals surface area contributed by atoms with Crippen LogP contribution in [0, 0.1) is 0 Å². The molecule has 0 saturated carbocycles. The number of aromatic nitrogens is 2. The molecule has 35 heavy (non-hydrogen) atoms. The third-order valence-electron chi connectivity index (χ3n) is 5.55. The predicted molar refractivity (Wildman–Crippen MR) is 131 cm³/mol. The van der Waals surface area contributed by atoms with Gasteiger partial charge in [-0.2, -0.15) is 0 Å². The van der Waals surface area contributed by atoms with Crippen molar-refractivity contribution in [1.29, 1.82) is 0 Å². The Bertz CT molecular complexity index is 1460. The van der Waals surface area contributed by atoms with E-state index in [0.29, 0.717) is 22.8 Å². The number of nitrogens with zero attached hydrogens (tertiary/aromatic N) is 2. The van der Waals surface area contributed by atoms with Crippen molar-refractivity contribution in [3.63, 3.8) is 0 Å². The number of hydrogen-bond donors (Lipinski definition) is 4. The van der Waals surface area contributed by atoms with Gasteiger partial charge < -0.3 is 20.7 Å². The Kier molecular flexibility index (Phi) is 5.82. The van der Waals surface area contributed by atoms with Crippen LogP contribution in [0.1, 0.15) is 10.4 Å². The van der Waals surface area contributed by atoms with Gasteiger partial charge in [0.25, 0.3) is 17.7 Å². The molecule has 1 aliphatic heterocycles. The second-order valence-electron chi connectivity index (χ2n) is 7.92. The van der Waals surface area contributed by atoms with Crippen molar-refractivity contribution in [1.82, 2.24) is 14.9 Å². The molecule has 0 aliphatic carbocycles. The summed E-state index contributed by atoms with van der Waals surface area (Å²) in [6.07, 6.45) is 1.22. The molecule has 2 heterocycles. The second-order valence-corrected chi connectivity index (χ2v) is 7.92. The molecule has 174 valence electrons. The van der Waals surface area contributed by atoms with E-state index >= 15 is 0 Å². The predicted octanol–water partition coefficient (Wildman–Crippen LogP) is 3.14. The van der Waals surface area contributed by atoms with Crippen LogP contribution in [0.5, 0.6) is 0 Å². The topological polar surface area (TPSA) is 127 Å². The highest BCUT2D eigenvalue weighted by Gasteiger charge is 2.30. The Labute approximate surface area is 200 Å². The average molecular weight is 467 g/mol. The van der Waals surface area contributed by atoms with Gasteiger partial charge in [0.1, 0.15) is 11.5 Å². The third-order valence-corrected chi connectivity index (χ3v) is 5.55. The van der Waals surface area contributed by atoms with Crippen LogP contribution < -0.4 is 10.6 Å². The maximum absolute atomic E-state index is 12.4. The van der Waals surface area contributed by atoms with Crippen LogP contribution in [0.3, 0.4) is 0 Å².